The second-order valence-electron chi connectivity index (χ2n) is 6.43. The van der Waals surface area contributed by atoms with E-state index in [1.165, 1.54) is 13.8 Å². The fourth-order valence-electron chi connectivity index (χ4n) is 2.03. The van der Waals surface area contributed by atoms with Crippen LogP contribution in [0.2, 0.25) is 0 Å². The molecule has 1 rings (SSSR count). The van der Waals surface area contributed by atoms with Gasteiger partial charge in [-0.1, -0.05) is 0 Å². The highest BCUT2D eigenvalue weighted by atomic mass is 16.6. The third kappa shape index (κ3) is 4.08. The fourth-order valence-corrected chi connectivity index (χ4v) is 2.03. The number of ether oxygens (including phenoxy) is 1. The van der Waals surface area contributed by atoms with Crippen LogP contribution in [0.15, 0.2) is 11.1 Å². The lowest BCUT2D eigenvalue weighted by atomic mass is 9.95. The molecule has 8 nitrogen and oxygen atoms in total. The average molecular weight is 326 g/mol. The maximum absolute atomic E-state index is 12.2. The van der Waals surface area contributed by atoms with Gasteiger partial charge in [0.15, 0.2) is 0 Å². The van der Waals surface area contributed by atoms with E-state index in [0.29, 0.717) is 0 Å². The lowest BCUT2D eigenvalue weighted by molar-refractivity contribution is -0.159. The van der Waals surface area contributed by atoms with E-state index in [1.54, 1.807) is 27.7 Å². The minimum Gasteiger partial charge on any atom is -0.478 e. The number of carbonyl (C=O) groups is 4. The van der Waals surface area contributed by atoms with Crippen LogP contribution >= 0.6 is 0 Å². The number of aliphatic carboxylic acids is 1. The van der Waals surface area contributed by atoms with Crippen molar-refractivity contribution in [3.05, 3.63) is 11.1 Å². The van der Waals surface area contributed by atoms with Crippen molar-refractivity contribution in [3.8, 4) is 0 Å². The largest absolute Gasteiger partial charge is 0.478 e. The van der Waals surface area contributed by atoms with Gasteiger partial charge < -0.3 is 15.2 Å². The second-order valence-corrected chi connectivity index (χ2v) is 6.43. The summed E-state index contributed by atoms with van der Waals surface area (Å²) in [5.41, 5.74) is -0.847. The Morgan fingerprint density at radius 2 is 1.70 bits per heavy atom. The van der Waals surface area contributed by atoms with Crippen LogP contribution in [0.3, 0.4) is 0 Å². The quantitative estimate of drug-likeness (QED) is 0.592. The molecule has 3 amide bonds. The molecule has 1 fully saturated rings. The monoisotopic (exact) mass is 326 g/mol. The van der Waals surface area contributed by atoms with E-state index < -0.39 is 41.6 Å². The number of amides is 3. The number of β-lactam (4-membered cyclic amide) rings is 1. The summed E-state index contributed by atoms with van der Waals surface area (Å²) in [7, 11) is 0. The highest BCUT2D eigenvalue weighted by Gasteiger charge is 2.49. The molecule has 23 heavy (non-hydrogen) atoms. The van der Waals surface area contributed by atoms with Crippen LogP contribution < -0.4 is 5.32 Å². The standard InChI is InChI=1S/C15H22N2O6/c1-7(8(2)13(20)21)11(18)17-9(3)10(12(17)19)16-14(22)23-15(4,5)6/h9-10H,1-6H3,(H,16,22)(H,20,21)/b8-7+/t9?,10-/m0/s1. The van der Waals surface area contributed by atoms with Crippen LogP contribution in [0.1, 0.15) is 41.5 Å². The molecule has 1 unspecified atom stereocenters. The SMILES string of the molecule is C/C(C(=O)O)=C(/C)C(=O)N1C(=O)[C@@H](NC(=O)OC(C)(C)C)C1C. The van der Waals surface area contributed by atoms with Crippen LogP contribution in [0, 0.1) is 0 Å². The number of hydrogen-bond acceptors (Lipinski definition) is 5. The predicted molar refractivity (Wildman–Crippen MR) is 80.5 cm³/mol. The minimum atomic E-state index is -1.22. The van der Waals surface area contributed by atoms with Crippen molar-refractivity contribution in [2.24, 2.45) is 0 Å². The number of carboxylic acids is 1. The van der Waals surface area contributed by atoms with Gasteiger partial charge in [0, 0.05) is 11.1 Å². The van der Waals surface area contributed by atoms with Crippen LogP contribution in [-0.2, 0) is 19.1 Å². The Hall–Kier alpha value is -2.38. The van der Waals surface area contributed by atoms with Crippen molar-refractivity contribution < 1.29 is 29.0 Å². The molecule has 1 aliphatic rings. The highest BCUT2D eigenvalue weighted by molar-refractivity contribution is 6.12. The van der Waals surface area contributed by atoms with Crippen molar-refractivity contribution in [1.82, 2.24) is 10.2 Å². The molecular weight excluding hydrogens is 304 g/mol. The zero-order valence-electron chi connectivity index (χ0n) is 14.1. The van der Waals surface area contributed by atoms with Gasteiger partial charge in [-0.05, 0) is 41.5 Å². The average Bonchev–Trinajstić information content (AvgIpc) is 2.41. The topological polar surface area (TPSA) is 113 Å². The molecule has 0 radical (unpaired) electrons. The van der Waals surface area contributed by atoms with Crippen molar-refractivity contribution in [3.63, 3.8) is 0 Å². The molecular formula is C15H22N2O6. The summed E-state index contributed by atoms with van der Waals surface area (Å²) in [6.07, 6.45) is -0.747. The van der Waals surface area contributed by atoms with Crippen LogP contribution in [0.5, 0.6) is 0 Å². The number of alkyl carbamates (subject to hydrolysis) is 1. The molecule has 2 atom stereocenters. The normalized spacial score (nSPS) is 22.0. The summed E-state index contributed by atoms with van der Waals surface area (Å²) >= 11 is 0. The van der Waals surface area contributed by atoms with E-state index in [2.05, 4.69) is 5.32 Å². The molecule has 2 N–H and O–H groups in total. The van der Waals surface area contributed by atoms with Gasteiger partial charge in [-0.3, -0.25) is 14.5 Å². The van der Waals surface area contributed by atoms with Gasteiger partial charge in [-0.2, -0.15) is 0 Å². The third-order valence-electron chi connectivity index (χ3n) is 3.49. The lowest BCUT2D eigenvalue weighted by Crippen LogP contribution is -2.71. The molecule has 8 heteroatoms. The van der Waals surface area contributed by atoms with Gasteiger partial charge in [0.05, 0.1) is 6.04 Å². The number of hydrogen-bond donors (Lipinski definition) is 2. The molecule has 1 heterocycles. The Morgan fingerprint density at radius 1 is 1.17 bits per heavy atom. The van der Waals surface area contributed by atoms with Crippen LogP contribution in [-0.4, -0.2) is 51.6 Å². The van der Waals surface area contributed by atoms with Crippen molar-refractivity contribution in [1.29, 1.82) is 0 Å². The third-order valence-corrected chi connectivity index (χ3v) is 3.49. The first-order valence-corrected chi connectivity index (χ1v) is 7.14. The van der Waals surface area contributed by atoms with E-state index in [4.69, 9.17) is 9.84 Å². The van der Waals surface area contributed by atoms with E-state index >= 15 is 0 Å². The van der Waals surface area contributed by atoms with Gasteiger partial charge in [0.2, 0.25) is 0 Å². The van der Waals surface area contributed by atoms with E-state index in [9.17, 15) is 19.2 Å². The maximum Gasteiger partial charge on any atom is 0.408 e. The predicted octanol–water partition coefficient (Wildman–Crippen LogP) is 1.06. The van der Waals surface area contributed by atoms with Gasteiger partial charge in [0.1, 0.15) is 11.6 Å². The number of likely N-dealkylation sites (tertiary alicyclic amines) is 1. The summed E-state index contributed by atoms with van der Waals surface area (Å²) < 4.78 is 5.06. The van der Waals surface area contributed by atoms with Gasteiger partial charge in [-0.15, -0.1) is 0 Å². The Kier molecular flexibility index (Phi) is 5.19. The zero-order valence-corrected chi connectivity index (χ0v) is 14.1. The number of rotatable bonds is 3. The smallest absolute Gasteiger partial charge is 0.408 e. The van der Waals surface area contributed by atoms with Gasteiger partial charge >= 0.3 is 12.1 Å². The van der Waals surface area contributed by atoms with Gasteiger partial charge in [0.25, 0.3) is 11.8 Å². The van der Waals surface area contributed by atoms with Crippen LogP contribution in [0.4, 0.5) is 4.79 Å². The van der Waals surface area contributed by atoms with E-state index in [-0.39, 0.29) is 11.1 Å². The van der Waals surface area contributed by atoms with E-state index in [1.807, 2.05) is 0 Å². The summed E-state index contributed by atoms with van der Waals surface area (Å²) in [4.78, 5) is 47.8. The first-order chi connectivity index (χ1) is 10.4. The van der Waals surface area contributed by atoms with Crippen molar-refractivity contribution in [2.45, 2.75) is 59.2 Å². The molecule has 1 saturated heterocycles. The Labute approximate surface area is 134 Å². The highest BCUT2D eigenvalue weighted by Crippen LogP contribution is 2.23. The first kappa shape index (κ1) is 18.7. The van der Waals surface area contributed by atoms with Crippen molar-refractivity contribution in [2.75, 3.05) is 0 Å². The number of carbonyl (C=O) groups excluding carboxylic acids is 3. The molecule has 1 aliphatic heterocycles. The summed E-state index contributed by atoms with van der Waals surface area (Å²) in [5, 5.41) is 11.3. The molecule has 0 aromatic heterocycles. The minimum absolute atomic E-state index is 0.0200. The fraction of sp³-hybridized carbons (Fsp3) is 0.600. The summed E-state index contributed by atoms with van der Waals surface area (Å²) in [6.45, 7) is 9.30. The number of nitrogens with zero attached hydrogens (tertiary/aromatic N) is 1. The Balaban J connectivity index is 2.78. The molecule has 0 aliphatic carbocycles. The molecule has 0 bridgehead atoms. The second kappa shape index (κ2) is 6.39. The van der Waals surface area contributed by atoms with E-state index in [0.717, 1.165) is 4.90 Å². The Morgan fingerprint density at radius 3 is 2.09 bits per heavy atom. The van der Waals surface area contributed by atoms with Crippen LogP contribution in [0.25, 0.3) is 0 Å². The summed E-state index contributed by atoms with van der Waals surface area (Å²) in [5.74, 6) is -2.49. The molecule has 0 spiro atoms. The first-order valence-electron chi connectivity index (χ1n) is 7.14. The molecule has 0 aromatic rings. The Bertz CT molecular complexity index is 587. The number of imide groups is 1. The molecule has 128 valence electrons. The zero-order chi connectivity index (χ0) is 18.1. The number of nitrogens with one attached hydrogen (secondary N) is 1. The lowest BCUT2D eigenvalue weighted by Gasteiger charge is -2.44. The van der Waals surface area contributed by atoms with Crippen molar-refractivity contribution >= 4 is 23.9 Å². The number of carboxylic acid groups (broad SMARTS) is 1. The summed E-state index contributed by atoms with van der Waals surface area (Å²) in [6, 6.07) is -1.45. The maximum atomic E-state index is 12.2. The molecule has 0 saturated carbocycles. The molecule has 0 aromatic carbocycles. The van der Waals surface area contributed by atoms with Gasteiger partial charge in [-0.25, -0.2) is 9.59 Å².